The third kappa shape index (κ3) is 7.53. The molecule has 2 aromatic carbocycles. The summed E-state index contributed by atoms with van der Waals surface area (Å²) in [4.78, 5) is 24.7. The second kappa shape index (κ2) is 12.7. The van der Waals surface area contributed by atoms with Gasteiger partial charge in [0, 0.05) is 0 Å². The van der Waals surface area contributed by atoms with E-state index in [1.807, 2.05) is 25.1 Å². The summed E-state index contributed by atoms with van der Waals surface area (Å²) in [5.74, 6) is -0.372. The van der Waals surface area contributed by atoms with Crippen LogP contribution in [0.5, 0.6) is 11.5 Å². The number of aryl methyl sites for hydroxylation is 1. The number of carbonyl (C=O) groups is 2. The molecule has 5 heteroatoms. The lowest BCUT2D eigenvalue weighted by Gasteiger charge is -2.18. The topological polar surface area (TPSA) is 76.4 Å². The molecule has 0 saturated carbocycles. The molecular formula is C27H33NO4. The number of hydrogen-bond donors (Lipinski definition) is 0. The number of ether oxygens (including phenoxy) is 2. The molecule has 0 aliphatic rings. The highest BCUT2D eigenvalue weighted by atomic mass is 16.5. The van der Waals surface area contributed by atoms with Crippen molar-refractivity contribution in [2.24, 2.45) is 5.41 Å². The zero-order valence-electron chi connectivity index (χ0n) is 19.4. The van der Waals surface area contributed by atoms with Crippen LogP contribution in [0.4, 0.5) is 0 Å². The Bertz CT molecular complexity index is 912. The van der Waals surface area contributed by atoms with Crippen molar-refractivity contribution in [3.63, 3.8) is 0 Å². The van der Waals surface area contributed by atoms with Crippen molar-refractivity contribution in [1.82, 2.24) is 0 Å². The summed E-state index contributed by atoms with van der Waals surface area (Å²) in [6.45, 7) is 5.70. The Labute approximate surface area is 191 Å². The van der Waals surface area contributed by atoms with Crippen LogP contribution < -0.4 is 9.47 Å². The van der Waals surface area contributed by atoms with Gasteiger partial charge in [0.05, 0.1) is 11.6 Å². The van der Waals surface area contributed by atoms with Gasteiger partial charge in [-0.3, -0.25) is 0 Å². The van der Waals surface area contributed by atoms with Gasteiger partial charge in [-0.25, -0.2) is 9.59 Å². The summed E-state index contributed by atoms with van der Waals surface area (Å²) in [5.41, 5.74) is 0.526. The molecule has 2 aromatic rings. The van der Waals surface area contributed by atoms with Gasteiger partial charge in [0.2, 0.25) is 0 Å². The molecule has 170 valence electrons. The molecule has 1 atom stereocenters. The molecule has 0 N–H and O–H groups in total. The molecule has 0 aliphatic carbocycles. The average Bonchev–Trinajstić information content (AvgIpc) is 2.80. The van der Waals surface area contributed by atoms with E-state index in [-0.39, 0.29) is 0 Å². The number of unbranched alkanes of at least 4 members (excludes halogenated alkanes) is 4. The summed E-state index contributed by atoms with van der Waals surface area (Å²) in [5, 5.41) is 9.30. The molecule has 0 spiro atoms. The largest absolute Gasteiger partial charge is 0.425 e. The minimum Gasteiger partial charge on any atom is -0.425 e. The van der Waals surface area contributed by atoms with Gasteiger partial charge in [-0.2, -0.15) is 5.26 Å². The van der Waals surface area contributed by atoms with Gasteiger partial charge in [0.25, 0.3) is 0 Å². The molecule has 2 rings (SSSR count). The van der Waals surface area contributed by atoms with E-state index >= 15 is 0 Å². The van der Waals surface area contributed by atoms with Crippen LogP contribution in [0.15, 0.2) is 48.5 Å². The predicted molar refractivity (Wildman–Crippen MR) is 125 cm³/mol. The molecule has 5 nitrogen and oxygen atoms in total. The maximum atomic E-state index is 12.4. The normalized spacial score (nSPS) is 12.4. The minimum absolute atomic E-state index is 0.302. The lowest BCUT2D eigenvalue weighted by molar-refractivity contribution is -0.142. The fourth-order valence-corrected chi connectivity index (χ4v) is 3.41. The van der Waals surface area contributed by atoms with Crippen LogP contribution in [0.3, 0.4) is 0 Å². The smallest absolute Gasteiger partial charge is 0.343 e. The quantitative estimate of drug-likeness (QED) is 0.212. The van der Waals surface area contributed by atoms with Crippen LogP contribution in [0.2, 0.25) is 0 Å². The Morgan fingerprint density at radius 3 is 2.00 bits per heavy atom. The van der Waals surface area contributed by atoms with Crippen LogP contribution in [-0.4, -0.2) is 11.9 Å². The van der Waals surface area contributed by atoms with Gasteiger partial charge in [0.15, 0.2) is 5.41 Å². The van der Waals surface area contributed by atoms with E-state index in [1.54, 1.807) is 43.3 Å². The Morgan fingerprint density at radius 1 is 0.844 bits per heavy atom. The first-order valence-electron chi connectivity index (χ1n) is 11.5. The highest BCUT2D eigenvalue weighted by molar-refractivity contribution is 5.91. The average molecular weight is 436 g/mol. The fraction of sp³-hybridized carbons (Fsp3) is 0.444. The van der Waals surface area contributed by atoms with E-state index in [0.29, 0.717) is 29.9 Å². The van der Waals surface area contributed by atoms with Crippen LogP contribution in [0.25, 0.3) is 0 Å². The second-order valence-corrected chi connectivity index (χ2v) is 8.31. The molecule has 1 unspecified atom stereocenters. The first-order chi connectivity index (χ1) is 15.4. The van der Waals surface area contributed by atoms with E-state index in [0.717, 1.165) is 12.8 Å². The summed E-state index contributed by atoms with van der Waals surface area (Å²) >= 11 is 0. The second-order valence-electron chi connectivity index (χ2n) is 8.31. The number of hydrogen-bond acceptors (Lipinski definition) is 5. The maximum Gasteiger partial charge on any atom is 0.343 e. The van der Waals surface area contributed by atoms with Crippen LogP contribution in [-0.2, 0) is 11.2 Å². The van der Waals surface area contributed by atoms with E-state index in [4.69, 9.17) is 9.47 Å². The molecule has 32 heavy (non-hydrogen) atoms. The first-order valence-corrected chi connectivity index (χ1v) is 11.5. The molecule has 0 bridgehead atoms. The van der Waals surface area contributed by atoms with E-state index in [9.17, 15) is 14.9 Å². The molecule has 0 fully saturated rings. The monoisotopic (exact) mass is 435 g/mol. The zero-order chi connectivity index (χ0) is 23.4. The van der Waals surface area contributed by atoms with Crippen LogP contribution >= 0.6 is 0 Å². The van der Waals surface area contributed by atoms with Crippen molar-refractivity contribution in [2.45, 2.75) is 72.1 Å². The number of esters is 2. The molecule has 0 aromatic heterocycles. The summed E-state index contributed by atoms with van der Waals surface area (Å²) in [6.07, 6.45) is 8.34. The van der Waals surface area contributed by atoms with Gasteiger partial charge in [0.1, 0.15) is 11.5 Å². The van der Waals surface area contributed by atoms with Crippen molar-refractivity contribution >= 4 is 11.9 Å². The molecule has 0 saturated heterocycles. The first kappa shape index (κ1) is 25.1. The Kier molecular flexibility index (Phi) is 9.94. The lowest BCUT2D eigenvalue weighted by Crippen LogP contribution is -2.30. The number of carbonyl (C=O) groups excluding carboxylic acids is 2. The van der Waals surface area contributed by atoms with Crippen molar-refractivity contribution in [1.29, 1.82) is 5.26 Å². The van der Waals surface area contributed by atoms with Crippen LogP contribution in [0.1, 0.15) is 81.6 Å². The minimum atomic E-state index is -1.18. The SMILES string of the molecule is CCCCCCCc1ccc(C(=O)Oc2ccc(OC(=O)C(C)(C#N)CCC)cc2)cc1. The molecule has 0 amide bonds. The van der Waals surface area contributed by atoms with Gasteiger partial charge in [-0.15, -0.1) is 0 Å². The van der Waals surface area contributed by atoms with Gasteiger partial charge in [-0.1, -0.05) is 58.1 Å². The molecular weight excluding hydrogens is 402 g/mol. The highest BCUT2D eigenvalue weighted by Crippen LogP contribution is 2.26. The standard InChI is InChI=1S/C27H33NO4/c1-4-6-7-8-9-10-21-11-13-22(14-12-21)25(29)31-23-15-17-24(18-16-23)32-26(30)27(3,20-28)19-5-2/h11-18H,4-10,19H2,1-3H3. The Hall–Kier alpha value is -3.13. The lowest BCUT2D eigenvalue weighted by atomic mass is 9.87. The zero-order valence-corrected chi connectivity index (χ0v) is 19.4. The molecule has 0 radical (unpaired) electrons. The maximum absolute atomic E-state index is 12.4. The number of rotatable bonds is 12. The third-order valence-electron chi connectivity index (χ3n) is 5.45. The number of nitriles is 1. The van der Waals surface area contributed by atoms with Gasteiger partial charge < -0.3 is 9.47 Å². The van der Waals surface area contributed by atoms with Crippen molar-refractivity contribution in [3.8, 4) is 17.6 Å². The van der Waals surface area contributed by atoms with E-state index < -0.39 is 17.4 Å². The van der Waals surface area contributed by atoms with Crippen LogP contribution in [0, 0.1) is 16.7 Å². The van der Waals surface area contributed by atoms with E-state index in [1.165, 1.54) is 31.2 Å². The Morgan fingerprint density at radius 2 is 1.44 bits per heavy atom. The van der Waals surface area contributed by atoms with Crippen molar-refractivity contribution in [2.75, 3.05) is 0 Å². The molecule has 0 aliphatic heterocycles. The summed E-state index contributed by atoms with van der Waals surface area (Å²) in [7, 11) is 0. The predicted octanol–water partition coefficient (Wildman–Crippen LogP) is 6.65. The van der Waals surface area contributed by atoms with Crippen molar-refractivity contribution in [3.05, 3.63) is 59.7 Å². The van der Waals surface area contributed by atoms with Gasteiger partial charge >= 0.3 is 11.9 Å². The van der Waals surface area contributed by atoms with E-state index in [2.05, 4.69) is 6.92 Å². The highest BCUT2D eigenvalue weighted by Gasteiger charge is 2.34. The number of nitrogens with zero attached hydrogens (tertiary/aromatic N) is 1. The Balaban J connectivity index is 1.88. The summed E-state index contributed by atoms with van der Waals surface area (Å²) in [6, 6.07) is 15.8. The number of benzene rings is 2. The van der Waals surface area contributed by atoms with Crippen molar-refractivity contribution < 1.29 is 19.1 Å². The summed E-state index contributed by atoms with van der Waals surface area (Å²) < 4.78 is 10.8. The van der Waals surface area contributed by atoms with Gasteiger partial charge in [-0.05, 0) is 68.1 Å². The fourth-order valence-electron chi connectivity index (χ4n) is 3.41. The third-order valence-corrected chi connectivity index (χ3v) is 5.45. The molecule has 0 heterocycles.